The minimum Gasteiger partial charge on any atom is -0.478 e. The first-order valence-corrected chi connectivity index (χ1v) is 6.15. The molecular weight excluding hydrogens is 234 g/mol. The maximum atomic E-state index is 10.8. The molecule has 4 heteroatoms. The number of carboxylic acids is 1. The van der Waals surface area contributed by atoms with Crippen molar-refractivity contribution in [2.45, 2.75) is 13.5 Å². The molecule has 0 saturated carbocycles. The first-order chi connectivity index (χ1) is 8.16. The quantitative estimate of drug-likeness (QED) is 0.871. The molecule has 0 radical (unpaired) electrons. The molecule has 0 atom stereocenters. The Balaban J connectivity index is 2.09. The molecule has 0 bridgehead atoms. The normalized spacial score (nSPS) is 10.2. The van der Waals surface area contributed by atoms with Crippen LogP contribution in [-0.2, 0) is 6.54 Å². The van der Waals surface area contributed by atoms with E-state index in [0.29, 0.717) is 5.56 Å². The van der Waals surface area contributed by atoms with Crippen LogP contribution in [0.4, 0.5) is 5.69 Å². The maximum absolute atomic E-state index is 10.8. The number of aromatic carboxylic acids is 1. The fourth-order valence-electron chi connectivity index (χ4n) is 1.59. The van der Waals surface area contributed by atoms with Crippen LogP contribution in [0.1, 0.15) is 20.8 Å². The van der Waals surface area contributed by atoms with Gasteiger partial charge in [-0.2, -0.15) is 0 Å². The van der Waals surface area contributed by atoms with E-state index >= 15 is 0 Å². The van der Waals surface area contributed by atoms with Crippen LogP contribution in [0.2, 0.25) is 0 Å². The van der Waals surface area contributed by atoms with Gasteiger partial charge in [-0.1, -0.05) is 6.07 Å². The van der Waals surface area contributed by atoms with Gasteiger partial charge in [-0.15, -0.1) is 11.3 Å². The first kappa shape index (κ1) is 11.7. The van der Waals surface area contributed by atoms with Crippen molar-refractivity contribution in [3.8, 4) is 0 Å². The molecule has 0 aliphatic carbocycles. The second kappa shape index (κ2) is 5.01. The van der Waals surface area contributed by atoms with E-state index in [1.807, 2.05) is 24.4 Å². The largest absolute Gasteiger partial charge is 0.478 e. The van der Waals surface area contributed by atoms with Crippen LogP contribution in [0.25, 0.3) is 0 Å². The highest BCUT2D eigenvalue weighted by Crippen LogP contribution is 2.18. The lowest BCUT2D eigenvalue weighted by Crippen LogP contribution is -2.02. The van der Waals surface area contributed by atoms with Crippen LogP contribution < -0.4 is 5.32 Å². The van der Waals surface area contributed by atoms with Gasteiger partial charge in [0.25, 0.3) is 0 Å². The molecule has 0 aliphatic heterocycles. The third-order valence-electron chi connectivity index (χ3n) is 2.51. The smallest absolute Gasteiger partial charge is 0.335 e. The third kappa shape index (κ3) is 2.85. The molecule has 2 rings (SSSR count). The van der Waals surface area contributed by atoms with E-state index in [4.69, 9.17) is 5.11 Å². The first-order valence-electron chi connectivity index (χ1n) is 5.27. The predicted molar refractivity (Wildman–Crippen MR) is 69.8 cm³/mol. The lowest BCUT2D eigenvalue weighted by Gasteiger charge is -2.09. The Hall–Kier alpha value is -1.81. The molecule has 2 N–H and O–H groups in total. The van der Waals surface area contributed by atoms with Gasteiger partial charge in [0, 0.05) is 17.1 Å². The van der Waals surface area contributed by atoms with Crippen molar-refractivity contribution in [1.29, 1.82) is 0 Å². The number of thiophene rings is 1. The van der Waals surface area contributed by atoms with E-state index in [2.05, 4.69) is 11.4 Å². The van der Waals surface area contributed by atoms with Crippen LogP contribution in [-0.4, -0.2) is 11.1 Å². The molecule has 17 heavy (non-hydrogen) atoms. The van der Waals surface area contributed by atoms with Crippen LogP contribution >= 0.6 is 11.3 Å². The van der Waals surface area contributed by atoms with E-state index in [1.165, 1.54) is 4.88 Å². The summed E-state index contributed by atoms with van der Waals surface area (Å²) in [4.78, 5) is 12.0. The highest BCUT2D eigenvalue weighted by molar-refractivity contribution is 7.09. The second-order valence-corrected chi connectivity index (χ2v) is 4.80. The van der Waals surface area contributed by atoms with Crippen LogP contribution in [0.3, 0.4) is 0 Å². The van der Waals surface area contributed by atoms with Crippen molar-refractivity contribution in [2.75, 3.05) is 5.32 Å². The van der Waals surface area contributed by atoms with Crippen LogP contribution in [0.5, 0.6) is 0 Å². The molecule has 0 saturated heterocycles. The molecule has 3 nitrogen and oxygen atoms in total. The summed E-state index contributed by atoms with van der Waals surface area (Å²) >= 11 is 1.70. The number of aryl methyl sites for hydroxylation is 1. The molecule has 1 aromatic heterocycles. The summed E-state index contributed by atoms with van der Waals surface area (Å²) in [5.41, 5.74) is 2.24. The highest BCUT2D eigenvalue weighted by Gasteiger charge is 2.05. The van der Waals surface area contributed by atoms with Crippen molar-refractivity contribution in [1.82, 2.24) is 0 Å². The zero-order valence-electron chi connectivity index (χ0n) is 9.43. The average Bonchev–Trinajstić information content (AvgIpc) is 2.80. The standard InChI is InChI=1S/C13H13NO2S/c1-9-7-10(13(15)16)4-5-12(9)14-8-11-3-2-6-17-11/h2-7,14H,8H2,1H3,(H,15,16). The minimum absolute atomic E-state index is 0.323. The lowest BCUT2D eigenvalue weighted by molar-refractivity contribution is 0.0697. The molecular formula is C13H13NO2S. The van der Waals surface area contributed by atoms with Crippen LogP contribution in [0, 0.1) is 6.92 Å². The van der Waals surface area contributed by atoms with E-state index in [-0.39, 0.29) is 0 Å². The van der Waals surface area contributed by atoms with Gasteiger partial charge in [0.2, 0.25) is 0 Å². The summed E-state index contributed by atoms with van der Waals surface area (Å²) < 4.78 is 0. The summed E-state index contributed by atoms with van der Waals surface area (Å²) in [6.07, 6.45) is 0. The van der Waals surface area contributed by atoms with Gasteiger partial charge in [0.1, 0.15) is 0 Å². The van der Waals surface area contributed by atoms with Crippen molar-refractivity contribution < 1.29 is 9.90 Å². The molecule has 0 fully saturated rings. The Kier molecular flexibility index (Phi) is 3.44. The highest BCUT2D eigenvalue weighted by atomic mass is 32.1. The van der Waals surface area contributed by atoms with Gasteiger partial charge in [-0.25, -0.2) is 4.79 Å². The zero-order chi connectivity index (χ0) is 12.3. The molecule has 0 unspecified atom stereocenters. The van der Waals surface area contributed by atoms with E-state index < -0.39 is 5.97 Å². The number of rotatable bonds is 4. The van der Waals surface area contributed by atoms with E-state index in [1.54, 1.807) is 23.5 Å². The summed E-state index contributed by atoms with van der Waals surface area (Å²) in [7, 11) is 0. The number of nitrogens with one attached hydrogen (secondary N) is 1. The van der Waals surface area contributed by atoms with Gasteiger partial charge in [-0.05, 0) is 42.1 Å². The Morgan fingerprint density at radius 3 is 2.82 bits per heavy atom. The summed E-state index contributed by atoms with van der Waals surface area (Å²) in [5, 5.41) is 14.2. The van der Waals surface area contributed by atoms with E-state index in [9.17, 15) is 4.79 Å². The molecule has 0 amide bonds. The summed E-state index contributed by atoms with van der Waals surface area (Å²) in [6, 6.07) is 9.19. The topological polar surface area (TPSA) is 49.3 Å². The average molecular weight is 247 g/mol. The van der Waals surface area contributed by atoms with Crippen LogP contribution in [0.15, 0.2) is 35.7 Å². The molecule has 1 heterocycles. The minimum atomic E-state index is -0.891. The van der Waals surface area contributed by atoms with Crippen molar-refractivity contribution in [3.05, 3.63) is 51.7 Å². The van der Waals surface area contributed by atoms with Gasteiger partial charge in [-0.3, -0.25) is 0 Å². The Bertz CT molecular complexity index is 520. The molecule has 1 aromatic carbocycles. The Labute approximate surface area is 104 Å². The number of benzene rings is 1. The van der Waals surface area contributed by atoms with Gasteiger partial charge in [0.15, 0.2) is 0 Å². The number of carbonyl (C=O) groups is 1. The SMILES string of the molecule is Cc1cc(C(=O)O)ccc1NCc1cccs1. The summed E-state index contributed by atoms with van der Waals surface area (Å²) in [5.74, 6) is -0.891. The lowest BCUT2D eigenvalue weighted by atomic mass is 10.1. The monoisotopic (exact) mass is 247 g/mol. The van der Waals surface area contributed by atoms with Crippen molar-refractivity contribution in [3.63, 3.8) is 0 Å². The maximum Gasteiger partial charge on any atom is 0.335 e. The van der Waals surface area contributed by atoms with Gasteiger partial charge in [0.05, 0.1) is 5.56 Å². The fraction of sp³-hybridized carbons (Fsp3) is 0.154. The summed E-state index contributed by atoms with van der Waals surface area (Å²) in [6.45, 7) is 2.67. The number of anilines is 1. The third-order valence-corrected chi connectivity index (χ3v) is 3.38. The zero-order valence-corrected chi connectivity index (χ0v) is 10.3. The Morgan fingerprint density at radius 2 is 2.24 bits per heavy atom. The fourth-order valence-corrected chi connectivity index (χ4v) is 2.24. The molecule has 88 valence electrons. The molecule has 2 aromatic rings. The van der Waals surface area contributed by atoms with E-state index in [0.717, 1.165) is 17.8 Å². The van der Waals surface area contributed by atoms with Gasteiger partial charge < -0.3 is 10.4 Å². The van der Waals surface area contributed by atoms with Crippen molar-refractivity contribution >= 4 is 23.0 Å². The predicted octanol–water partition coefficient (Wildman–Crippen LogP) is 3.37. The van der Waals surface area contributed by atoms with Crippen molar-refractivity contribution in [2.24, 2.45) is 0 Å². The Morgan fingerprint density at radius 1 is 1.41 bits per heavy atom. The number of carboxylic acid groups (broad SMARTS) is 1. The molecule has 0 aliphatic rings. The number of hydrogen-bond donors (Lipinski definition) is 2. The van der Waals surface area contributed by atoms with Gasteiger partial charge >= 0.3 is 5.97 Å². The number of hydrogen-bond acceptors (Lipinski definition) is 3. The second-order valence-electron chi connectivity index (χ2n) is 3.77. The molecule has 0 spiro atoms.